The molecular weight excluding hydrogens is 265 g/mol. The molecule has 2 rings (SSSR count). The number of halogens is 1. The fourth-order valence-corrected chi connectivity index (χ4v) is 3.14. The maximum absolute atomic E-state index is 14.4. The number of hydrogen-bond acceptors (Lipinski definition) is 3. The quantitative estimate of drug-likeness (QED) is 0.870. The number of nitrogens with one attached hydrogen (secondary N) is 1. The first kappa shape index (κ1) is 16.2. The van der Waals surface area contributed by atoms with Gasteiger partial charge in [0.2, 0.25) is 0 Å². The maximum Gasteiger partial charge on any atom is 0.146 e. The fraction of sp³-hybridized carbons (Fsp3) is 0.647. The van der Waals surface area contributed by atoms with Gasteiger partial charge in [-0.15, -0.1) is 0 Å². The van der Waals surface area contributed by atoms with Gasteiger partial charge in [0.05, 0.1) is 5.69 Å². The van der Waals surface area contributed by atoms with E-state index in [2.05, 4.69) is 35.9 Å². The van der Waals surface area contributed by atoms with Crippen molar-refractivity contribution in [3.8, 4) is 0 Å². The number of hydrogen-bond donors (Lipinski definition) is 1. The van der Waals surface area contributed by atoms with Crippen LogP contribution in [-0.4, -0.2) is 44.2 Å². The lowest BCUT2D eigenvalue weighted by molar-refractivity contribution is 0.257. The predicted molar refractivity (Wildman–Crippen MR) is 87.4 cm³/mol. The average Bonchev–Trinajstić information content (AvgIpc) is 2.48. The molecule has 21 heavy (non-hydrogen) atoms. The summed E-state index contributed by atoms with van der Waals surface area (Å²) in [6.45, 7) is 12.3. The minimum atomic E-state index is -0.0961. The highest BCUT2D eigenvalue weighted by Crippen LogP contribution is 2.30. The van der Waals surface area contributed by atoms with Crippen molar-refractivity contribution in [3.05, 3.63) is 29.6 Å². The molecule has 0 spiro atoms. The van der Waals surface area contributed by atoms with Crippen molar-refractivity contribution in [1.82, 2.24) is 10.2 Å². The second kappa shape index (κ2) is 7.76. The van der Waals surface area contributed by atoms with E-state index in [1.165, 1.54) is 6.42 Å². The molecule has 0 aromatic heterocycles. The lowest BCUT2D eigenvalue weighted by Gasteiger charge is -2.37. The molecule has 0 bridgehead atoms. The average molecular weight is 293 g/mol. The Labute approximate surface area is 128 Å². The van der Waals surface area contributed by atoms with E-state index in [-0.39, 0.29) is 11.9 Å². The molecule has 1 atom stereocenters. The highest BCUT2D eigenvalue weighted by Gasteiger charge is 2.23. The third-order valence-corrected chi connectivity index (χ3v) is 4.22. The Morgan fingerprint density at radius 1 is 1.19 bits per heavy atom. The smallest absolute Gasteiger partial charge is 0.146 e. The summed E-state index contributed by atoms with van der Waals surface area (Å²) in [6, 6.07) is 5.62. The van der Waals surface area contributed by atoms with Crippen molar-refractivity contribution >= 4 is 5.69 Å². The van der Waals surface area contributed by atoms with E-state index in [0.29, 0.717) is 0 Å². The second-order valence-electron chi connectivity index (χ2n) is 5.79. The molecule has 1 fully saturated rings. The van der Waals surface area contributed by atoms with Crippen molar-refractivity contribution in [2.45, 2.75) is 33.2 Å². The predicted octanol–water partition coefficient (Wildman–Crippen LogP) is 3.03. The maximum atomic E-state index is 14.4. The lowest BCUT2D eigenvalue weighted by atomic mass is 10.0. The third kappa shape index (κ3) is 3.95. The van der Waals surface area contributed by atoms with Crippen molar-refractivity contribution < 1.29 is 4.39 Å². The number of benzene rings is 1. The van der Waals surface area contributed by atoms with Crippen molar-refractivity contribution in [1.29, 1.82) is 0 Å². The number of piperazine rings is 1. The molecule has 1 aromatic carbocycles. The molecule has 1 heterocycles. The van der Waals surface area contributed by atoms with Gasteiger partial charge in [0, 0.05) is 32.2 Å². The van der Waals surface area contributed by atoms with Gasteiger partial charge in [0.15, 0.2) is 0 Å². The second-order valence-corrected chi connectivity index (χ2v) is 5.79. The van der Waals surface area contributed by atoms with Crippen LogP contribution in [0.15, 0.2) is 18.2 Å². The summed E-state index contributed by atoms with van der Waals surface area (Å²) in [5, 5.41) is 3.39. The molecule has 0 saturated carbocycles. The summed E-state index contributed by atoms with van der Waals surface area (Å²) in [7, 11) is 0. The standard InChI is InChI=1S/C17H28FN3/c1-4-9-20-10-12-21(13-11-20)17-15(14(3)19-5-2)7-6-8-16(17)18/h6-8,14,19H,4-5,9-13H2,1-3H3. The zero-order chi connectivity index (χ0) is 15.2. The number of nitrogens with zero attached hydrogens (tertiary/aromatic N) is 2. The summed E-state index contributed by atoms with van der Waals surface area (Å²) in [5.74, 6) is -0.0961. The zero-order valence-corrected chi connectivity index (χ0v) is 13.5. The van der Waals surface area contributed by atoms with Crippen LogP contribution in [0.3, 0.4) is 0 Å². The van der Waals surface area contributed by atoms with Gasteiger partial charge in [0.1, 0.15) is 5.82 Å². The molecule has 0 radical (unpaired) electrons. The van der Waals surface area contributed by atoms with E-state index >= 15 is 0 Å². The van der Waals surface area contributed by atoms with Gasteiger partial charge in [-0.2, -0.15) is 0 Å². The minimum Gasteiger partial charge on any atom is -0.366 e. The van der Waals surface area contributed by atoms with Crippen molar-refractivity contribution in [2.24, 2.45) is 0 Å². The number of para-hydroxylation sites is 1. The first-order valence-electron chi connectivity index (χ1n) is 8.16. The van der Waals surface area contributed by atoms with Crippen LogP contribution < -0.4 is 10.2 Å². The largest absolute Gasteiger partial charge is 0.366 e. The molecule has 1 aliphatic rings. The van der Waals surface area contributed by atoms with Crippen LogP contribution in [0, 0.1) is 5.82 Å². The van der Waals surface area contributed by atoms with Crippen LogP contribution in [-0.2, 0) is 0 Å². The molecule has 3 nitrogen and oxygen atoms in total. The van der Waals surface area contributed by atoms with Crippen LogP contribution in [0.2, 0.25) is 0 Å². The Morgan fingerprint density at radius 2 is 1.90 bits per heavy atom. The van der Waals surface area contributed by atoms with Gasteiger partial charge < -0.3 is 10.2 Å². The molecule has 0 aliphatic carbocycles. The summed E-state index contributed by atoms with van der Waals surface area (Å²) in [5.41, 5.74) is 1.86. The molecule has 1 aliphatic heterocycles. The first-order valence-corrected chi connectivity index (χ1v) is 8.16. The van der Waals surface area contributed by atoms with E-state index in [4.69, 9.17) is 0 Å². The van der Waals surface area contributed by atoms with Crippen LogP contribution >= 0.6 is 0 Å². The topological polar surface area (TPSA) is 18.5 Å². The molecule has 1 N–H and O–H groups in total. The van der Waals surface area contributed by atoms with Crippen molar-refractivity contribution in [2.75, 3.05) is 44.2 Å². The van der Waals surface area contributed by atoms with E-state index in [1.807, 2.05) is 12.1 Å². The van der Waals surface area contributed by atoms with Gasteiger partial charge in [-0.1, -0.05) is 26.0 Å². The molecule has 1 saturated heterocycles. The molecule has 118 valence electrons. The van der Waals surface area contributed by atoms with Gasteiger partial charge in [-0.25, -0.2) is 4.39 Å². The molecule has 4 heteroatoms. The summed E-state index contributed by atoms with van der Waals surface area (Å²) in [4.78, 5) is 4.68. The number of anilines is 1. The van der Waals surface area contributed by atoms with Gasteiger partial charge >= 0.3 is 0 Å². The van der Waals surface area contributed by atoms with Crippen LogP contribution in [0.25, 0.3) is 0 Å². The Morgan fingerprint density at radius 3 is 2.52 bits per heavy atom. The Bertz CT molecular complexity index is 442. The highest BCUT2D eigenvalue weighted by molar-refractivity contribution is 5.56. The monoisotopic (exact) mass is 293 g/mol. The summed E-state index contributed by atoms with van der Waals surface area (Å²) < 4.78 is 14.4. The highest BCUT2D eigenvalue weighted by atomic mass is 19.1. The Kier molecular flexibility index (Phi) is 6.00. The van der Waals surface area contributed by atoms with E-state index in [9.17, 15) is 4.39 Å². The van der Waals surface area contributed by atoms with E-state index in [0.717, 1.165) is 50.5 Å². The first-order chi connectivity index (χ1) is 10.2. The van der Waals surface area contributed by atoms with Gasteiger partial charge in [-0.3, -0.25) is 4.90 Å². The molecule has 1 aromatic rings. The van der Waals surface area contributed by atoms with Gasteiger partial charge in [-0.05, 0) is 38.1 Å². The Hall–Kier alpha value is -1.13. The third-order valence-electron chi connectivity index (χ3n) is 4.22. The summed E-state index contributed by atoms with van der Waals surface area (Å²) >= 11 is 0. The van der Waals surface area contributed by atoms with E-state index in [1.54, 1.807) is 6.07 Å². The van der Waals surface area contributed by atoms with Gasteiger partial charge in [0.25, 0.3) is 0 Å². The van der Waals surface area contributed by atoms with E-state index < -0.39 is 0 Å². The van der Waals surface area contributed by atoms with Crippen molar-refractivity contribution in [3.63, 3.8) is 0 Å². The molecular formula is C17H28FN3. The fourth-order valence-electron chi connectivity index (χ4n) is 3.14. The lowest BCUT2D eigenvalue weighted by Crippen LogP contribution is -2.47. The zero-order valence-electron chi connectivity index (χ0n) is 13.5. The summed E-state index contributed by atoms with van der Waals surface area (Å²) in [6.07, 6.45) is 1.18. The van der Waals surface area contributed by atoms with Crippen LogP contribution in [0.1, 0.15) is 38.8 Å². The number of rotatable bonds is 6. The Balaban J connectivity index is 2.16. The normalized spacial score (nSPS) is 18.0. The molecule has 0 amide bonds. The van der Waals surface area contributed by atoms with Crippen LogP contribution in [0.4, 0.5) is 10.1 Å². The minimum absolute atomic E-state index is 0.0961. The van der Waals surface area contributed by atoms with Crippen LogP contribution in [0.5, 0.6) is 0 Å². The molecule has 1 unspecified atom stereocenters. The SMILES string of the molecule is CCCN1CCN(c2c(F)cccc2C(C)NCC)CC1.